The lowest BCUT2D eigenvalue weighted by Gasteiger charge is -2.09. The molecule has 0 fully saturated rings. The lowest BCUT2D eigenvalue weighted by atomic mass is 9.94. The Hall–Kier alpha value is -2.10. The standard InChI is InChI=1S/C17H20O4/c1-5-6-10(2)16(18)13-8-12-9-15(17(19)20-4)21-14(12)7-11(13)3/h7-8,15H,2,5-6,9H2,1,3-4H3. The first-order chi connectivity index (χ1) is 9.97. The van der Waals surface area contributed by atoms with Crippen LogP contribution in [0.15, 0.2) is 24.3 Å². The van der Waals surface area contributed by atoms with Gasteiger partial charge in [-0.05, 0) is 42.2 Å². The number of fused-ring (bicyclic) bond motifs is 1. The van der Waals surface area contributed by atoms with E-state index < -0.39 is 12.1 Å². The fourth-order valence-electron chi connectivity index (χ4n) is 2.50. The van der Waals surface area contributed by atoms with E-state index >= 15 is 0 Å². The van der Waals surface area contributed by atoms with E-state index in [-0.39, 0.29) is 5.78 Å². The minimum atomic E-state index is -0.617. The number of ketones is 1. The minimum Gasteiger partial charge on any atom is -0.478 e. The van der Waals surface area contributed by atoms with Crippen LogP contribution in [0, 0.1) is 6.92 Å². The molecule has 1 aromatic rings. The molecular formula is C17H20O4. The Morgan fingerprint density at radius 3 is 2.76 bits per heavy atom. The molecule has 0 spiro atoms. The maximum atomic E-state index is 12.4. The summed E-state index contributed by atoms with van der Waals surface area (Å²) in [5, 5.41) is 0. The molecule has 0 saturated carbocycles. The molecule has 0 N–H and O–H groups in total. The maximum Gasteiger partial charge on any atom is 0.347 e. The third kappa shape index (κ3) is 2.99. The Balaban J connectivity index is 2.28. The molecular weight excluding hydrogens is 268 g/mol. The molecule has 1 aromatic carbocycles. The average molecular weight is 288 g/mol. The zero-order valence-corrected chi connectivity index (χ0v) is 12.7. The van der Waals surface area contributed by atoms with E-state index in [1.54, 1.807) is 0 Å². The van der Waals surface area contributed by atoms with Crippen molar-refractivity contribution in [3.63, 3.8) is 0 Å². The number of Topliss-reactive ketones (excluding diaryl/α,β-unsaturated/α-hetero) is 1. The van der Waals surface area contributed by atoms with Gasteiger partial charge < -0.3 is 9.47 Å². The second-order valence-electron chi connectivity index (χ2n) is 5.29. The van der Waals surface area contributed by atoms with E-state index in [0.29, 0.717) is 29.7 Å². The lowest BCUT2D eigenvalue weighted by molar-refractivity contribution is -0.147. The summed E-state index contributed by atoms with van der Waals surface area (Å²) < 4.78 is 10.3. The molecule has 2 rings (SSSR count). The highest BCUT2D eigenvalue weighted by Gasteiger charge is 2.31. The normalized spacial score (nSPS) is 16.0. The molecule has 21 heavy (non-hydrogen) atoms. The van der Waals surface area contributed by atoms with E-state index in [4.69, 9.17) is 9.47 Å². The van der Waals surface area contributed by atoms with Gasteiger partial charge in [-0.2, -0.15) is 0 Å². The summed E-state index contributed by atoms with van der Waals surface area (Å²) in [5.74, 6) is 0.228. The Labute approximate surface area is 124 Å². The van der Waals surface area contributed by atoms with E-state index in [2.05, 4.69) is 6.58 Å². The molecule has 0 saturated heterocycles. The summed E-state index contributed by atoms with van der Waals surface area (Å²) >= 11 is 0. The zero-order chi connectivity index (χ0) is 15.6. The van der Waals surface area contributed by atoms with E-state index in [1.807, 2.05) is 26.0 Å². The summed E-state index contributed by atoms with van der Waals surface area (Å²) in [6.07, 6.45) is 1.40. The van der Waals surface area contributed by atoms with Gasteiger partial charge in [0, 0.05) is 12.0 Å². The molecule has 1 aliphatic heterocycles. The van der Waals surface area contributed by atoms with Gasteiger partial charge in [-0.1, -0.05) is 19.9 Å². The van der Waals surface area contributed by atoms with Crippen molar-refractivity contribution >= 4 is 11.8 Å². The SMILES string of the molecule is C=C(CCC)C(=O)c1cc2c(cc1C)OC(C(=O)OC)C2. The van der Waals surface area contributed by atoms with Crippen molar-refractivity contribution in [2.45, 2.75) is 39.2 Å². The molecule has 1 atom stereocenters. The van der Waals surface area contributed by atoms with Crippen molar-refractivity contribution in [3.8, 4) is 5.75 Å². The van der Waals surface area contributed by atoms with Crippen molar-refractivity contribution in [2.75, 3.05) is 7.11 Å². The molecule has 0 radical (unpaired) electrons. The molecule has 1 aliphatic rings. The Morgan fingerprint density at radius 2 is 2.14 bits per heavy atom. The van der Waals surface area contributed by atoms with Crippen molar-refractivity contribution in [2.24, 2.45) is 0 Å². The van der Waals surface area contributed by atoms with Gasteiger partial charge >= 0.3 is 5.97 Å². The topological polar surface area (TPSA) is 52.6 Å². The Morgan fingerprint density at radius 1 is 1.43 bits per heavy atom. The van der Waals surface area contributed by atoms with Crippen LogP contribution in [0.3, 0.4) is 0 Å². The van der Waals surface area contributed by atoms with Crippen LogP contribution < -0.4 is 4.74 Å². The van der Waals surface area contributed by atoms with Gasteiger partial charge in [0.15, 0.2) is 11.9 Å². The summed E-state index contributed by atoms with van der Waals surface area (Å²) in [6, 6.07) is 3.63. The highest BCUT2D eigenvalue weighted by atomic mass is 16.6. The predicted octanol–water partition coefficient (Wildman–Crippen LogP) is 3.01. The van der Waals surface area contributed by atoms with Crippen LogP contribution in [-0.2, 0) is 16.0 Å². The number of hydrogen-bond acceptors (Lipinski definition) is 4. The highest BCUT2D eigenvalue weighted by Crippen LogP contribution is 2.33. The molecule has 112 valence electrons. The number of carbonyl (C=O) groups excluding carboxylic acids is 2. The smallest absolute Gasteiger partial charge is 0.347 e. The monoisotopic (exact) mass is 288 g/mol. The van der Waals surface area contributed by atoms with Crippen molar-refractivity contribution in [1.29, 1.82) is 0 Å². The first-order valence-electron chi connectivity index (χ1n) is 7.08. The van der Waals surface area contributed by atoms with E-state index in [1.165, 1.54) is 7.11 Å². The second kappa shape index (κ2) is 6.12. The number of rotatable bonds is 5. The van der Waals surface area contributed by atoms with E-state index in [9.17, 15) is 9.59 Å². The third-order valence-electron chi connectivity index (χ3n) is 3.66. The molecule has 0 amide bonds. The van der Waals surface area contributed by atoms with Gasteiger partial charge in [0.1, 0.15) is 5.75 Å². The van der Waals surface area contributed by atoms with Crippen LogP contribution in [0.5, 0.6) is 5.75 Å². The zero-order valence-electron chi connectivity index (χ0n) is 12.7. The van der Waals surface area contributed by atoms with Gasteiger partial charge in [0.05, 0.1) is 7.11 Å². The molecule has 4 heteroatoms. The number of ether oxygens (including phenoxy) is 2. The van der Waals surface area contributed by atoms with Gasteiger partial charge in [0.2, 0.25) is 0 Å². The van der Waals surface area contributed by atoms with Crippen LogP contribution in [0.25, 0.3) is 0 Å². The van der Waals surface area contributed by atoms with Gasteiger partial charge in [-0.15, -0.1) is 0 Å². The highest BCUT2D eigenvalue weighted by molar-refractivity contribution is 6.09. The van der Waals surface area contributed by atoms with Gasteiger partial charge in [0.25, 0.3) is 0 Å². The van der Waals surface area contributed by atoms with Gasteiger partial charge in [-0.3, -0.25) is 4.79 Å². The van der Waals surface area contributed by atoms with Crippen LogP contribution in [0.4, 0.5) is 0 Å². The molecule has 4 nitrogen and oxygen atoms in total. The number of aryl methyl sites for hydroxylation is 1. The summed E-state index contributed by atoms with van der Waals surface area (Å²) in [5.41, 5.74) is 2.95. The second-order valence-corrected chi connectivity index (χ2v) is 5.29. The first kappa shape index (κ1) is 15.3. The fourth-order valence-corrected chi connectivity index (χ4v) is 2.50. The number of methoxy groups -OCH3 is 1. The van der Waals surface area contributed by atoms with Crippen molar-refractivity contribution < 1.29 is 19.1 Å². The molecule has 1 unspecified atom stereocenters. The van der Waals surface area contributed by atoms with Crippen LogP contribution >= 0.6 is 0 Å². The number of carbonyl (C=O) groups is 2. The Kier molecular flexibility index (Phi) is 4.46. The third-order valence-corrected chi connectivity index (χ3v) is 3.66. The fraction of sp³-hybridized carbons (Fsp3) is 0.412. The van der Waals surface area contributed by atoms with Crippen LogP contribution in [0.2, 0.25) is 0 Å². The van der Waals surface area contributed by atoms with E-state index in [0.717, 1.165) is 17.5 Å². The minimum absolute atomic E-state index is 0.0290. The van der Waals surface area contributed by atoms with Crippen LogP contribution in [0.1, 0.15) is 41.3 Å². The maximum absolute atomic E-state index is 12.4. The lowest BCUT2D eigenvalue weighted by Crippen LogP contribution is -2.26. The largest absolute Gasteiger partial charge is 0.478 e. The number of benzene rings is 1. The summed E-state index contributed by atoms with van der Waals surface area (Å²) in [7, 11) is 1.34. The molecule has 0 aromatic heterocycles. The molecule has 0 aliphatic carbocycles. The van der Waals surface area contributed by atoms with Gasteiger partial charge in [-0.25, -0.2) is 4.79 Å². The number of hydrogen-bond donors (Lipinski definition) is 0. The summed E-state index contributed by atoms with van der Waals surface area (Å²) in [4.78, 5) is 23.9. The van der Waals surface area contributed by atoms with Crippen molar-refractivity contribution in [3.05, 3.63) is 41.0 Å². The number of esters is 1. The molecule has 1 heterocycles. The Bertz CT molecular complexity index is 601. The summed E-state index contributed by atoms with van der Waals surface area (Å²) in [6.45, 7) is 7.74. The molecule has 0 bridgehead atoms. The average Bonchev–Trinajstić information content (AvgIpc) is 2.87. The number of allylic oxidation sites excluding steroid dienone is 1. The predicted molar refractivity (Wildman–Crippen MR) is 79.7 cm³/mol. The quantitative estimate of drug-likeness (QED) is 0.475. The van der Waals surface area contributed by atoms with Crippen LogP contribution in [-0.4, -0.2) is 25.0 Å². The van der Waals surface area contributed by atoms with Crippen molar-refractivity contribution in [1.82, 2.24) is 0 Å². The first-order valence-corrected chi connectivity index (χ1v) is 7.08.